The number of carbonyl (C=O) groups is 1. The van der Waals surface area contributed by atoms with Crippen LogP contribution in [-0.4, -0.2) is 31.1 Å². The molecular weight excluding hydrogens is 382 g/mol. The molecule has 1 aliphatic heterocycles. The molecule has 2 heterocycles. The number of thiophene rings is 1. The lowest BCUT2D eigenvalue weighted by atomic mass is 9.97. The van der Waals surface area contributed by atoms with Gasteiger partial charge < -0.3 is 15.4 Å². The Labute approximate surface area is 175 Å². The summed E-state index contributed by atoms with van der Waals surface area (Å²) in [4.78, 5) is 14.9. The van der Waals surface area contributed by atoms with Gasteiger partial charge in [0.25, 0.3) is 0 Å². The third kappa shape index (κ3) is 4.78. The molecule has 0 bridgehead atoms. The Bertz CT molecular complexity index is 958. The highest BCUT2D eigenvalue weighted by molar-refractivity contribution is 7.08. The second-order valence-electron chi connectivity index (χ2n) is 7.13. The third-order valence-electron chi connectivity index (χ3n) is 5.31. The zero-order chi connectivity index (χ0) is 20.1. The molecule has 6 heteroatoms. The molecule has 0 radical (unpaired) electrons. The van der Waals surface area contributed by atoms with Crippen molar-refractivity contribution < 1.29 is 9.53 Å². The maximum Gasteiger partial charge on any atom is 0.319 e. The van der Waals surface area contributed by atoms with Crippen molar-refractivity contribution in [1.82, 2.24) is 10.2 Å². The maximum absolute atomic E-state index is 12.5. The fourth-order valence-corrected chi connectivity index (χ4v) is 4.48. The molecule has 2 N–H and O–H groups in total. The van der Waals surface area contributed by atoms with Crippen LogP contribution < -0.4 is 15.4 Å². The molecule has 3 aromatic rings. The highest BCUT2D eigenvalue weighted by Crippen LogP contribution is 2.28. The third-order valence-corrected chi connectivity index (χ3v) is 6.01. The summed E-state index contributed by atoms with van der Waals surface area (Å²) in [7, 11) is 1.61. The van der Waals surface area contributed by atoms with Gasteiger partial charge in [0.2, 0.25) is 0 Å². The average Bonchev–Trinajstić information content (AvgIpc) is 3.28. The largest absolute Gasteiger partial charge is 0.497 e. The molecule has 29 heavy (non-hydrogen) atoms. The first-order chi connectivity index (χ1) is 14.2. The molecule has 0 saturated heterocycles. The average molecular weight is 408 g/mol. The zero-order valence-electron chi connectivity index (χ0n) is 16.4. The van der Waals surface area contributed by atoms with Gasteiger partial charge in [-0.15, -0.1) is 0 Å². The van der Waals surface area contributed by atoms with Crippen molar-refractivity contribution in [3.05, 3.63) is 82.0 Å². The molecule has 2 aromatic carbocycles. The van der Waals surface area contributed by atoms with E-state index in [9.17, 15) is 4.79 Å². The SMILES string of the molecule is COc1cccc(NC(=O)NCC(c2ccsc2)N2CCc3ccccc3C2)c1. The van der Waals surface area contributed by atoms with E-state index in [1.807, 2.05) is 18.2 Å². The topological polar surface area (TPSA) is 53.6 Å². The first-order valence-electron chi connectivity index (χ1n) is 9.75. The highest BCUT2D eigenvalue weighted by atomic mass is 32.1. The van der Waals surface area contributed by atoms with E-state index in [1.165, 1.54) is 16.7 Å². The molecule has 2 amide bonds. The van der Waals surface area contributed by atoms with E-state index < -0.39 is 0 Å². The number of urea groups is 1. The quantitative estimate of drug-likeness (QED) is 0.624. The van der Waals surface area contributed by atoms with Crippen molar-refractivity contribution >= 4 is 23.1 Å². The van der Waals surface area contributed by atoms with Crippen molar-refractivity contribution in [3.8, 4) is 5.75 Å². The number of nitrogens with one attached hydrogen (secondary N) is 2. The van der Waals surface area contributed by atoms with Gasteiger partial charge in [0.1, 0.15) is 5.75 Å². The van der Waals surface area contributed by atoms with E-state index in [-0.39, 0.29) is 12.1 Å². The van der Waals surface area contributed by atoms with E-state index in [4.69, 9.17) is 4.74 Å². The summed E-state index contributed by atoms with van der Waals surface area (Å²) in [5, 5.41) is 10.2. The van der Waals surface area contributed by atoms with Crippen LogP contribution in [0.3, 0.4) is 0 Å². The normalized spacial score (nSPS) is 14.7. The number of ether oxygens (including phenoxy) is 1. The zero-order valence-corrected chi connectivity index (χ0v) is 17.2. The van der Waals surface area contributed by atoms with Crippen LogP contribution in [0.5, 0.6) is 5.75 Å². The molecule has 4 rings (SSSR count). The van der Waals surface area contributed by atoms with Crippen LogP contribution in [0.4, 0.5) is 10.5 Å². The van der Waals surface area contributed by atoms with Crippen LogP contribution in [0.15, 0.2) is 65.4 Å². The molecule has 1 aliphatic rings. The summed E-state index contributed by atoms with van der Waals surface area (Å²) in [6, 6.07) is 18.1. The Morgan fingerprint density at radius 1 is 1.17 bits per heavy atom. The Morgan fingerprint density at radius 3 is 2.83 bits per heavy atom. The van der Waals surface area contributed by atoms with Gasteiger partial charge in [-0.25, -0.2) is 4.79 Å². The summed E-state index contributed by atoms with van der Waals surface area (Å²) >= 11 is 1.69. The van der Waals surface area contributed by atoms with Gasteiger partial charge in [0.05, 0.1) is 13.2 Å². The summed E-state index contributed by atoms with van der Waals surface area (Å²) in [5.74, 6) is 0.714. The molecule has 0 fully saturated rings. The fraction of sp³-hybridized carbons (Fsp3) is 0.261. The summed E-state index contributed by atoms with van der Waals surface area (Å²) in [6.07, 6.45) is 1.03. The predicted molar refractivity (Wildman–Crippen MR) is 118 cm³/mol. The van der Waals surface area contributed by atoms with E-state index in [0.29, 0.717) is 18.0 Å². The van der Waals surface area contributed by atoms with Crippen LogP contribution in [0.1, 0.15) is 22.7 Å². The summed E-state index contributed by atoms with van der Waals surface area (Å²) < 4.78 is 5.21. The van der Waals surface area contributed by atoms with Crippen molar-refractivity contribution in [2.75, 3.05) is 25.5 Å². The number of hydrogen-bond donors (Lipinski definition) is 2. The van der Waals surface area contributed by atoms with Crippen LogP contribution in [0.2, 0.25) is 0 Å². The first kappa shape index (κ1) is 19.5. The van der Waals surface area contributed by atoms with E-state index in [1.54, 1.807) is 24.5 Å². The Morgan fingerprint density at radius 2 is 2.03 bits per heavy atom. The van der Waals surface area contributed by atoms with Gasteiger partial charge in [0.15, 0.2) is 0 Å². The number of hydrogen-bond acceptors (Lipinski definition) is 4. The number of anilines is 1. The number of nitrogens with zero attached hydrogens (tertiary/aromatic N) is 1. The van der Waals surface area contributed by atoms with E-state index in [0.717, 1.165) is 19.5 Å². The molecule has 1 aromatic heterocycles. The van der Waals surface area contributed by atoms with Crippen molar-refractivity contribution in [2.24, 2.45) is 0 Å². The number of rotatable bonds is 6. The summed E-state index contributed by atoms with van der Waals surface area (Å²) in [5.41, 5.74) is 4.76. The minimum atomic E-state index is -0.212. The van der Waals surface area contributed by atoms with Crippen LogP contribution >= 0.6 is 11.3 Å². The lowest BCUT2D eigenvalue weighted by Crippen LogP contribution is -2.41. The van der Waals surface area contributed by atoms with Gasteiger partial charge >= 0.3 is 6.03 Å². The van der Waals surface area contributed by atoms with Gasteiger partial charge in [-0.2, -0.15) is 11.3 Å². The molecular formula is C23H25N3O2S. The van der Waals surface area contributed by atoms with E-state index in [2.05, 4.69) is 56.6 Å². The number of benzene rings is 2. The Balaban J connectivity index is 1.42. The summed E-state index contributed by atoms with van der Waals surface area (Å²) in [6.45, 7) is 2.43. The maximum atomic E-state index is 12.5. The standard InChI is InChI=1S/C23H25N3O2S/c1-28-21-8-4-7-20(13-21)25-23(27)24-14-22(19-10-12-29-16-19)26-11-9-17-5-2-3-6-18(17)15-26/h2-8,10,12-13,16,22H,9,11,14-15H2,1H3,(H2,24,25,27). The molecule has 5 nitrogen and oxygen atoms in total. The number of amides is 2. The molecule has 0 saturated carbocycles. The number of fused-ring (bicyclic) bond motifs is 1. The van der Waals surface area contributed by atoms with Gasteiger partial charge in [0, 0.05) is 31.4 Å². The second kappa shape index (κ2) is 9.11. The van der Waals surface area contributed by atoms with Crippen LogP contribution in [0, 0.1) is 0 Å². The van der Waals surface area contributed by atoms with Gasteiger partial charge in [-0.1, -0.05) is 30.3 Å². The Hall–Kier alpha value is -2.83. The minimum absolute atomic E-state index is 0.144. The highest BCUT2D eigenvalue weighted by Gasteiger charge is 2.25. The molecule has 0 aliphatic carbocycles. The van der Waals surface area contributed by atoms with Crippen LogP contribution in [0.25, 0.3) is 0 Å². The molecule has 1 atom stereocenters. The van der Waals surface area contributed by atoms with Gasteiger partial charge in [-0.3, -0.25) is 4.90 Å². The number of methoxy groups -OCH3 is 1. The van der Waals surface area contributed by atoms with Gasteiger partial charge in [-0.05, 0) is 52.1 Å². The lowest BCUT2D eigenvalue weighted by Gasteiger charge is -2.35. The van der Waals surface area contributed by atoms with Crippen molar-refractivity contribution in [1.29, 1.82) is 0 Å². The van der Waals surface area contributed by atoms with Crippen LogP contribution in [-0.2, 0) is 13.0 Å². The molecule has 1 unspecified atom stereocenters. The van der Waals surface area contributed by atoms with E-state index >= 15 is 0 Å². The van der Waals surface area contributed by atoms with Crippen molar-refractivity contribution in [2.45, 2.75) is 19.0 Å². The van der Waals surface area contributed by atoms with Crippen molar-refractivity contribution in [3.63, 3.8) is 0 Å². The second-order valence-corrected chi connectivity index (χ2v) is 7.91. The predicted octanol–water partition coefficient (Wildman–Crippen LogP) is 4.68. The smallest absolute Gasteiger partial charge is 0.319 e. The molecule has 0 spiro atoms. The molecule has 150 valence electrons. The fourth-order valence-electron chi connectivity index (χ4n) is 3.77. The number of carbonyl (C=O) groups excluding carboxylic acids is 1. The lowest BCUT2D eigenvalue weighted by molar-refractivity contribution is 0.176. The monoisotopic (exact) mass is 407 g/mol. The first-order valence-corrected chi connectivity index (χ1v) is 10.7. The Kier molecular flexibility index (Phi) is 6.12. The minimum Gasteiger partial charge on any atom is -0.497 e.